The summed E-state index contributed by atoms with van der Waals surface area (Å²) in [6.45, 7) is 11.4. The normalized spacial score (nSPS) is 18.9. The fourth-order valence-electron chi connectivity index (χ4n) is 8.73. The highest BCUT2D eigenvalue weighted by atomic mass is 35.5. The second-order valence-corrected chi connectivity index (χ2v) is 19.5. The van der Waals surface area contributed by atoms with Gasteiger partial charge in [0, 0.05) is 86.4 Å². The smallest absolute Gasteiger partial charge is 0.293 e. The number of allylic oxidation sites excluding steroid dienone is 1. The van der Waals surface area contributed by atoms with E-state index in [9.17, 15) is 23.3 Å². The number of amides is 1. The number of nitro benzene ring substituents is 1. The van der Waals surface area contributed by atoms with Gasteiger partial charge in [-0.3, -0.25) is 24.7 Å². The number of benzene rings is 3. The second kappa shape index (κ2) is 17.0. The molecule has 3 aromatic carbocycles. The van der Waals surface area contributed by atoms with E-state index in [1.54, 1.807) is 36.7 Å². The highest BCUT2D eigenvalue weighted by Crippen LogP contribution is 2.43. The lowest BCUT2D eigenvalue weighted by Gasteiger charge is -2.47. The van der Waals surface area contributed by atoms with Crippen molar-refractivity contribution in [3.8, 4) is 5.75 Å². The SMILES string of the molecule is CC1(C)CCC(CN2CCN(c3ccc(C(=O)NS(=O)(=O)c4ccc(NC5CN(C6COC6)C5)c([N+](=O)[O-])c4)c(On4ccc5cccnc54)c3)CC2)=C(c2ccc(Cl)cc2)C1. The first-order valence-electron chi connectivity index (χ1n) is 20.9. The summed E-state index contributed by atoms with van der Waals surface area (Å²) in [7, 11) is -4.56. The van der Waals surface area contributed by atoms with Crippen LogP contribution in [0, 0.1) is 15.5 Å². The average molecular weight is 881 g/mol. The van der Waals surface area contributed by atoms with Gasteiger partial charge in [0.25, 0.3) is 21.6 Å². The number of likely N-dealkylation sites (tertiary alicyclic amines) is 1. The Bertz CT molecular complexity index is 2650. The number of halogens is 1. The topological polar surface area (TPSA) is 164 Å². The van der Waals surface area contributed by atoms with E-state index in [0.717, 1.165) is 74.1 Å². The molecule has 5 aromatic rings. The van der Waals surface area contributed by atoms with Gasteiger partial charge in [-0.15, -0.1) is 0 Å². The van der Waals surface area contributed by atoms with Gasteiger partial charge in [0.05, 0.1) is 40.7 Å². The first kappa shape index (κ1) is 41.8. The number of nitrogens with one attached hydrogen (secondary N) is 2. The number of ether oxygens (including phenoxy) is 1. The van der Waals surface area contributed by atoms with Crippen molar-refractivity contribution in [3.05, 3.63) is 123 Å². The lowest BCUT2D eigenvalue weighted by molar-refractivity contribution is -0.384. The number of nitrogens with zero attached hydrogens (tertiary/aromatic N) is 6. The Morgan fingerprint density at radius 2 is 1.79 bits per heavy atom. The molecule has 1 amide bonds. The third-order valence-electron chi connectivity index (χ3n) is 12.5. The van der Waals surface area contributed by atoms with Crippen LogP contribution in [0.3, 0.4) is 0 Å². The van der Waals surface area contributed by atoms with Gasteiger partial charge in [0.1, 0.15) is 5.69 Å². The van der Waals surface area contributed by atoms with Crippen molar-refractivity contribution in [1.29, 1.82) is 0 Å². The standard InChI is InChI=1S/C45H49ClN8O7S/c1-45(2)15-13-32(39(24-45)30-5-7-33(46)8-6-30)25-50-18-20-51(21-19-50)35-9-11-38(42(22-35)61-53-17-14-31-4-3-16-47-43(31)53)44(55)49-62(58,59)37-10-12-40(41(23-37)54(56)57)48-34-26-52(27-34)36-28-60-29-36/h3-12,14,16-17,22-23,34,36,48H,13,15,18-21,24-29H2,1-2H3,(H,49,55). The van der Waals surface area contributed by atoms with Crippen molar-refractivity contribution in [2.24, 2.45) is 5.41 Å². The highest BCUT2D eigenvalue weighted by molar-refractivity contribution is 7.90. The summed E-state index contributed by atoms with van der Waals surface area (Å²) in [5.74, 6) is -0.850. The van der Waals surface area contributed by atoms with E-state index in [2.05, 4.69) is 55.7 Å². The third-order valence-corrected chi connectivity index (χ3v) is 14.0. The molecule has 9 rings (SSSR count). The first-order chi connectivity index (χ1) is 29.8. The van der Waals surface area contributed by atoms with E-state index in [4.69, 9.17) is 21.2 Å². The molecule has 5 heterocycles. The van der Waals surface area contributed by atoms with Gasteiger partial charge in [-0.1, -0.05) is 43.2 Å². The van der Waals surface area contributed by atoms with Gasteiger partial charge in [-0.05, 0) is 90.4 Å². The minimum atomic E-state index is -4.56. The van der Waals surface area contributed by atoms with Crippen molar-refractivity contribution >= 4 is 61.2 Å². The maximum Gasteiger partial charge on any atom is 0.293 e. The molecule has 17 heteroatoms. The number of hydrogen-bond donors (Lipinski definition) is 2. The summed E-state index contributed by atoms with van der Waals surface area (Å²) >= 11 is 6.24. The molecule has 0 atom stereocenters. The zero-order valence-corrected chi connectivity index (χ0v) is 36.2. The molecule has 62 heavy (non-hydrogen) atoms. The van der Waals surface area contributed by atoms with E-state index in [0.29, 0.717) is 38.0 Å². The number of pyridine rings is 1. The third kappa shape index (κ3) is 8.88. The van der Waals surface area contributed by atoms with Crippen LogP contribution in [0.1, 0.15) is 49.0 Å². The fraction of sp³-hybridized carbons (Fsp3) is 0.378. The lowest BCUT2D eigenvalue weighted by atomic mass is 9.72. The summed E-state index contributed by atoms with van der Waals surface area (Å²) in [6, 6.07) is 22.7. The molecule has 0 unspecified atom stereocenters. The van der Waals surface area contributed by atoms with Crippen LogP contribution in [-0.2, 0) is 14.8 Å². The second-order valence-electron chi connectivity index (χ2n) is 17.4. The molecule has 3 aliphatic heterocycles. The molecule has 0 radical (unpaired) electrons. The number of sulfonamides is 1. The number of fused-ring (bicyclic) bond motifs is 1. The number of carbonyl (C=O) groups excluding carboxylic acids is 1. The summed E-state index contributed by atoms with van der Waals surface area (Å²) < 4.78 is 36.3. The molecule has 15 nitrogen and oxygen atoms in total. The van der Waals surface area contributed by atoms with Crippen molar-refractivity contribution < 1.29 is 27.7 Å². The number of piperazine rings is 1. The van der Waals surface area contributed by atoms with Gasteiger partial charge >= 0.3 is 0 Å². The molecule has 3 saturated heterocycles. The Labute approximate surface area is 365 Å². The number of rotatable bonds is 13. The minimum absolute atomic E-state index is 0.0321. The van der Waals surface area contributed by atoms with Gasteiger partial charge in [0.15, 0.2) is 11.4 Å². The van der Waals surface area contributed by atoms with Crippen LogP contribution >= 0.6 is 11.6 Å². The summed E-state index contributed by atoms with van der Waals surface area (Å²) in [6.07, 6.45) is 6.51. The number of hydrogen-bond acceptors (Lipinski definition) is 12. The van der Waals surface area contributed by atoms with Crippen LogP contribution in [0.2, 0.25) is 5.02 Å². The zero-order valence-electron chi connectivity index (χ0n) is 34.6. The quantitative estimate of drug-likeness (QED) is 0.0937. The molecule has 2 aromatic heterocycles. The van der Waals surface area contributed by atoms with Crippen LogP contribution < -0.4 is 19.8 Å². The summed E-state index contributed by atoms with van der Waals surface area (Å²) in [5, 5.41) is 16.8. The van der Waals surface area contributed by atoms with Gasteiger partial charge in [-0.25, -0.2) is 18.1 Å². The molecule has 1 aliphatic carbocycles. The maximum absolute atomic E-state index is 14.0. The molecule has 2 N–H and O–H groups in total. The fourth-order valence-corrected chi connectivity index (χ4v) is 9.85. The molecule has 3 fully saturated rings. The van der Waals surface area contributed by atoms with E-state index in [-0.39, 0.29) is 28.5 Å². The Hall–Kier alpha value is -5.52. The van der Waals surface area contributed by atoms with Crippen LogP contribution in [0.4, 0.5) is 17.1 Å². The van der Waals surface area contributed by atoms with Crippen molar-refractivity contribution in [2.75, 3.05) is 69.2 Å². The highest BCUT2D eigenvalue weighted by Gasteiger charge is 2.37. The lowest BCUT2D eigenvalue weighted by Crippen LogP contribution is -2.63. The summed E-state index contributed by atoms with van der Waals surface area (Å²) in [4.78, 5) is 42.8. The largest absolute Gasteiger partial charge is 0.378 e. The van der Waals surface area contributed by atoms with Gasteiger partial charge in [-0.2, -0.15) is 4.73 Å². The predicted molar refractivity (Wildman–Crippen MR) is 238 cm³/mol. The van der Waals surface area contributed by atoms with Crippen LogP contribution in [-0.4, -0.2) is 110 Å². The maximum atomic E-state index is 14.0. The van der Waals surface area contributed by atoms with Gasteiger partial charge < -0.3 is 19.8 Å². The first-order valence-corrected chi connectivity index (χ1v) is 22.8. The Balaban J connectivity index is 0.925. The van der Waals surface area contributed by atoms with Gasteiger partial charge in [0.2, 0.25) is 0 Å². The van der Waals surface area contributed by atoms with E-state index >= 15 is 0 Å². The monoisotopic (exact) mass is 880 g/mol. The Morgan fingerprint density at radius 1 is 1.02 bits per heavy atom. The Kier molecular flexibility index (Phi) is 11.5. The van der Waals surface area contributed by atoms with Crippen LogP contribution in [0.15, 0.2) is 102 Å². The molecule has 324 valence electrons. The Morgan fingerprint density at radius 3 is 2.52 bits per heavy atom. The molecule has 0 bridgehead atoms. The predicted octanol–water partition coefficient (Wildman–Crippen LogP) is 6.84. The molecular weight excluding hydrogens is 832 g/mol. The average Bonchev–Trinajstić information content (AvgIpc) is 3.62. The molecular formula is C45H49ClN8O7S. The zero-order chi connectivity index (χ0) is 43.2. The van der Waals surface area contributed by atoms with E-state index in [1.165, 1.54) is 33.6 Å². The minimum Gasteiger partial charge on any atom is -0.378 e. The molecule has 0 saturated carbocycles. The van der Waals surface area contributed by atoms with Crippen LogP contribution in [0.25, 0.3) is 16.6 Å². The van der Waals surface area contributed by atoms with Crippen LogP contribution in [0.5, 0.6) is 5.75 Å². The number of nitro groups is 1. The molecule has 4 aliphatic rings. The molecule has 0 spiro atoms. The number of aromatic nitrogens is 2. The van der Waals surface area contributed by atoms with Crippen molar-refractivity contribution in [3.63, 3.8) is 0 Å². The summed E-state index contributed by atoms with van der Waals surface area (Å²) in [5.41, 5.74) is 5.39. The van der Waals surface area contributed by atoms with Crippen molar-refractivity contribution in [1.82, 2.24) is 24.2 Å². The number of carbonyl (C=O) groups is 1. The number of anilines is 2. The van der Waals surface area contributed by atoms with E-state index in [1.807, 2.05) is 24.3 Å². The van der Waals surface area contributed by atoms with Crippen molar-refractivity contribution in [2.45, 2.75) is 50.1 Å². The van der Waals surface area contributed by atoms with E-state index < -0.39 is 31.4 Å².